The fourth-order valence-electron chi connectivity index (χ4n) is 4.46. The largest absolute Gasteiger partial charge is 0.460 e. The summed E-state index contributed by atoms with van der Waals surface area (Å²) in [5.74, 6) is 0.309. The minimum Gasteiger partial charge on any atom is -0.460 e. The van der Waals surface area contributed by atoms with Gasteiger partial charge in [0.1, 0.15) is 6.10 Å². The molecule has 0 aromatic heterocycles. The quantitative estimate of drug-likeness (QED) is 0.522. The molecule has 5 heteroatoms. The number of carbonyl (C=O) groups excluding carboxylic acids is 2. The monoisotopic (exact) mass is 437 g/mol. The number of ether oxygens (including phenoxy) is 2. The van der Waals surface area contributed by atoms with Gasteiger partial charge in [-0.25, -0.2) is 9.59 Å². The van der Waals surface area contributed by atoms with Gasteiger partial charge in [-0.15, -0.1) is 0 Å². The average molecular weight is 438 g/mol. The highest BCUT2D eigenvalue weighted by atomic mass is 16.6. The van der Waals surface area contributed by atoms with Gasteiger partial charge in [0, 0.05) is 5.69 Å². The van der Waals surface area contributed by atoms with Crippen LogP contribution in [-0.2, 0) is 14.3 Å². The van der Waals surface area contributed by atoms with Crippen molar-refractivity contribution in [1.82, 2.24) is 0 Å². The van der Waals surface area contributed by atoms with Crippen molar-refractivity contribution in [2.45, 2.75) is 60.0 Å². The Labute approximate surface area is 191 Å². The molecule has 1 aliphatic carbocycles. The van der Waals surface area contributed by atoms with Crippen molar-refractivity contribution in [1.29, 1.82) is 0 Å². The second kappa shape index (κ2) is 10.7. The molecular formula is C27H35NO4. The van der Waals surface area contributed by atoms with Crippen molar-refractivity contribution in [2.24, 2.45) is 17.8 Å². The van der Waals surface area contributed by atoms with Crippen molar-refractivity contribution in [3.8, 4) is 0 Å². The van der Waals surface area contributed by atoms with Crippen molar-refractivity contribution in [2.75, 3.05) is 11.9 Å². The highest BCUT2D eigenvalue weighted by Crippen LogP contribution is 2.35. The van der Waals surface area contributed by atoms with Crippen LogP contribution >= 0.6 is 0 Å². The fourth-order valence-corrected chi connectivity index (χ4v) is 4.46. The number of hydrogen-bond acceptors (Lipinski definition) is 5. The van der Waals surface area contributed by atoms with Crippen molar-refractivity contribution in [3.05, 3.63) is 59.2 Å². The summed E-state index contributed by atoms with van der Waals surface area (Å²) < 4.78 is 11.1. The molecule has 2 aromatic carbocycles. The van der Waals surface area contributed by atoms with Gasteiger partial charge in [0.2, 0.25) is 0 Å². The van der Waals surface area contributed by atoms with Gasteiger partial charge < -0.3 is 14.8 Å². The van der Waals surface area contributed by atoms with E-state index in [-0.39, 0.29) is 12.7 Å². The van der Waals surface area contributed by atoms with Gasteiger partial charge in [-0.05, 0) is 73.8 Å². The molecule has 1 saturated carbocycles. The Bertz CT molecular complexity index is 952. The van der Waals surface area contributed by atoms with Gasteiger partial charge in [0.05, 0.1) is 11.3 Å². The van der Waals surface area contributed by atoms with E-state index in [0.29, 0.717) is 29.0 Å². The lowest BCUT2D eigenvalue weighted by Gasteiger charge is -2.36. The lowest BCUT2D eigenvalue weighted by atomic mass is 9.75. The zero-order valence-corrected chi connectivity index (χ0v) is 19.8. The van der Waals surface area contributed by atoms with Crippen LogP contribution in [-0.4, -0.2) is 24.6 Å². The molecule has 0 unspecified atom stereocenters. The summed E-state index contributed by atoms with van der Waals surface area (Å²) in [4.78, 5) is 25.2. The van der Waals surface area contributed by atoms with Crippen LogP contribution in [0.1, 0.15) is 61.5 Å². The third-order valence-corrected chi connectivity index (χ3v) is 6.59. The van der Waals surface area contributed by atoms with Gasteiger partial charge in [-0.3, -0.25) is 0 Å². The molecular weight excluding hydrogens is 402 g/mol. The van der Waals surface area contributed by atoms with Gasteiger partial charge in [-0.2, -0.15) is 0 Å². The minimum atomic E-state index is -0.548. The van der Waals surface area contributed by atoms with Gasteiger partial charge in [0.25, 0.3) is 0 Å². The first-order valence-corrected chi connectivity index (χ1v) is 11.5. The van der Waals surface area contributed by atoms with Crippen molar-refractivity contribution in [3.63, 3.8) is 0 Å². The van der Waals surface area contributed by atoms with E-state index in [1.54, 1.807) is 12.1 Å². The SMILES string of the molecule is Cc1cccc(Nc2ccccc2C(=O)OCC(=O)O[C@H]2C[C@H](C)CC[C@@H]2C(C)C)c1C. The average Bonchev–Trinajstić information content (AvgIpc) is 2.75. The third kappa shape index (κ3) is 5.90. The van der Waals surface area contributed by atoms with Crippen LogP contribution in [0.2, 0.25) is 0 Å². The minimum absolute atomic E-state index is 0.108. The second-order valence-corrected chi connectivity index (χ2v) is 9.35. The summed E-state index contributed by atoms with van der Waals surface area (Å²) >= 11 is 0. The Kier molecular flexibility index (Phi) is 7.94. The molecule has 0 bridgehead atoms. The molecule has 0 spiro atoms. The Morgan fingerprint density at radius 2 is 1.75 bits per heavy atom. The number of esters is 2. The van der Waals surface area contributed by atoms with E-state index >= 15 is 0 Å². The molecule has 2 aromatic rings. The molecule has 1 N–H and O–H groups in total. The summed E-state index contributed by atoms with van der Waals surface area (Å²) in [6, 6.07) is 13.1. The van der Waals surface area contributed by atoms with Crippen LogP contribution in [0, 0.1) is 31.6 Å². The number of aryl methyl sites for hydroxylation is 1. The van der Waals surface area contributed by atoms with E-state index in [9.17, 15) is 9.59 Å². The van der Waals surface area contributed by atoms with Crippen LogP contribution in [0.25, 0.3) is 0 Å². The van der Waals surface area contributed by atoms with Crippen LogP contribution < -0.4 is 5.32 Å². The van der Waals surface area contributed by atoms with E-state index in [0.717, 1.165) is 36.1 Å². The number of hydrogen-bond donors (Lipinski definition) is 1. The van der Waals surface area contributed by atoms with E-state index in [1.165, 1.54) is 0 Å². The standard InChI is InChI=1S/C27H35NO4/c1-17(2)21-14-13-18(3)15-25(21)32-26(29)16-31-27(30)22-10-6-7-11-24(22)28-23-12-8-9-19(4)20(23)5/h6-12,17-18,21,25,28H,13-16H2,1-5H3/t18-,21-,25+/m1/s1. The molecule has 0 aliphatic heterocycles. The zero-order chi connectivity index (χ0) is 23.3. The Morgan fingerprint density at radius 1 is 1.03 bits per heavy atom. The zero-order valence-electron chi connectivity index (χ0n) is 19.8. The first kappa shape index (κ1) is 23.8. The molecule has 0 heterocycles. The van der Waals surface area contributed by atoms with Gasteiger partial charge in [-0.1, -0.05) is 51.5 Å². The molecule has 5 nitrogen and oxygen atoms in total. The highest BCUT2D eigenvalue weighted by Gasteiger charge is 2.33. The Morgan fingerprint density at radius 3 is 2.50 bits per heavy atom. The maximum Gasteiger partial charge on any atom is 0.344 e. The highest BCUT2D eigenvalue weighted by molar-refractivity contribution is 5.97. The van der Waals surface area contributed by atoms with Crippen LogP contribution in [0.5, 0.6) is 0 Å². The number of benzene rings is 2. The van der Waals surface area contributed by atoms with E-state index in [4.69, 9.17) is 9.47 Å². The van der Waals surface area contributed by atoms with Crippen LogP contribution in [0.4, 0.5) is 11.4 Å². The lowest BCUT2D eigenvalue weighted by molar-refractivity contribution is -0.159. The van der Waals surface area contributed by atoms with E-state index in [2.05, 4.69) is 26.1 Å². The molecule has 0 saturated heterocycles. The van der Waals surface area contributed by atoms with Crippen LogP contribution in [0.15, 0.2) is 42.5 Å². The summed E-state index contributed by atoms with van der Waals surface area (Å²) in [6.45, 7) is 10.2. The second-order valence-electron chi connectivity index (χ2n) is 9.35. The van der Waals surface area contributed by atoms with E-state index in [1.807, 2.05) is 44.2 Å². The van der Waals surface area contributed by atoms with Crippen molar-refractivity contribution < 1.29 is 19.1 Å². The summed E-state index contributed by atoms with van der Waals surface area (Å²) in [5, 5.41) is 3.32. The van der Waals surface area contributed by atoms with Gasteiger partial charge >= 0.3 is 11.9 Å². The first-order valence-electron chi connectivity index (χ1n) is 11.5. The van der Waals surface area contributed by atoms with Crippen molar-refractivity contribution >= 4 is 23.3 Å². The summed E-state index contributed by atoms with van der Waals surface area (Å²) in [7, 11) is 0. The Balaban J connectivity index is 1.62. The smallest absolute Gasteiger partial charge is 0.344 e. The number of para-hydroxylation sites is 1. The normalized spacial score (nSPS) is 20.6. The topological polar surface area (TPSA) is 64.6 Å². The molecule has 3 atom stereocenters. The molecule has 0 amide bonds. The number of carbonyl (C=O) groups is 2. The third-order valence-electron chi connectivity index (χ3n) is 6.59. The molecule has 3 rings (SSSR count). The van der Waals surface area contributed by atoms with Gasteiger partial charge in [0.15, 0.2) is 6.61 Å². The summed E-state index contributed by atoms with van der Waals surface area (Å²) in [6.07, 6.45) is 2.98. The Hall–Kier alpha value is -2.82. The first-order chi connectivity index (χ1) is 15.3. The maximum atomic E-state index is 12.8. The number of rotatable bonds is 7. The van der Waals surface area contributed by atoms with Crippen LogP contribution in [0.3, 0.4) is 0 Å². The molecule has 1 aliphatic rings. The predicted molar refractivity (Wildman–Crippen MR) is 127 cm³/mol. The predicted octanol–water partition coefficient (Wildman–Crippen LogP) is 6.21. The van der Waals surface area contributed by atoms with E-state index < -0.39 is 11.9 Å². The maximum absolute atomic E-state index is 12.8. The molecule has 172 valence electrons. The number of nitrogens with one attached hydrogen (secondary N) is 1. The molecule has 1 fully saturated rings. The fraction of sp³-hybridized carbons (Fsp3) is 0.481. The molecule has 0 radical (unpaired) electrons. The lowest BCUT2D eigenvalue weighted by Crippen LogP contribution is -2.36. The molecule has 32 heavy (non-hydrogen) atoms. The number of anilines is 2. The summed E-state index contributed by atoms with van der Waals surface area (Å²) in [5.41, 5.74) is 4.22.